The van der Waals surface area contributed by atoms with Crippen LogP contribution in [-0.4, -0.2) is 24.5 Å². The van der Waals surface area contributed by atoms with E-state index in [1.807, 2.05) is 12.1 Å². The van der Waals surface area contributed by atoms with E-state index in [0.29, 0.717) is 5.92 Å². The van der Waals surface area contributed by atoms with Crippen LogP contribution in [0.25, 0.3) is 5.57 Å². The summed E-state index contributed by atoms with van der Waals surface area (Å²) in [7, 11) is 0. The van der Waals surface area contributed by atoms with Crippen molar-refractivity contribution in [2.24, 2.45) is 5.92 Å². The predicted octanol–water partition coefficient (Wildman–Crippen LogP) is 4.95. The van der Waals surface area contributed by atoms with Gasteiger partial charge in [0.15, 0.2) is 0 Å². The van der Waals surface area contributed by atoms with Crippen LogP contribution in [0.3, 0.4) is 0 Å². The van der Waals surface area contributed by atoms with E-state index in [1.54, 1.807) is 5.57 Å². The molecule has 1 heterocycles. The number of halogens is 1. The molecule has 0 saturated carbocycles. The van der Waals surface area contributed by atoms with E-state index in [2.05, 4.69) is 48.3 Å². The lowest BCUT2D eigenvalue weighted by Crippen LogP contribution is -2.31. The van der Waals surface area contributed by atoms with Gasteiger partial charge in [0.1, 0.15) is 0 Å². The van der Waals surface area contributed by atoms with Crippen LogP contribution >= 0.6 is 11.6 Å². The Morgan fingerprint density at radius 3 is 2.71 bits per heavy atom. The van der Waals surface area contributed by atoms with Gasteiger partial charge in [-0.2, -0.15) is 0 Å². The molecule has 3 rings (SSSR count). The van der Waals surface area contributed by atoms with Gasteiger partial charge in [-0.25, -0.2) is 0 Å². The Morgan fingerprint density at radius 1 is 1.24 bits per heavy atom. The Bertz CT molecular complexity index is 580. The minimum absolute atomic E-state index is 0.690. The highest BCUT2D eigenvalue weighted by molar-refractivity contribution is 6.30. The number of hydrogen-bond donors (Lipinski definition) is 0. The normalized spacial score (nSPS) is 22.9. The fourth-order valence-corrected chi connectivity index (χ4v) is 3.24. The monoisotopic (exact) mass is 299 g/mol. The molecule has 1 aliphatic carbocycles. The zero-order valence-corrected chi connectivity index (χ0v) is 13.3. The van der Waals surface area contributed by atoms with E-state index in [9.17, 15) is 0 Å². The highest BCUT2D eigenvalue weighted by Crippen LogP contribution is 2.25. The molecule has 1 nitrogen and oxygen atoms in total. The van der Waals surface area contributed by atoms with Crippen LogP contribution in [0.2, 0.25) is 5.02 Å². The van der Waals surface area contributed by atoms with E-state index in [4.69, 9.17) is 11.6 Å². The van der Waals surface area contributed by atoms with Gasteiger partial charge >= 0.3 is 0 Å². The predicted molar refractivity (Wildman–Crippen MR) is 91.5 cm³/mol. The van der Waals surface area contributed by atoms with Crippen molar-refractivity contribution in [3.8, 4) is 0 Å². The molecule has 21 heavy (non-hydrogen) atoms. The van der Waals surface area contributed by atoms with Crippen molar-refractivity contribution in [2.45, 2.75) is 19.8 Å². The van der Waals surface area contributed by atoms with Crippen LogP contribution in [0.15, 0.2) is 54.1 Å². The van der Waals surface area contributed by atoms with Crippen molar-refractivity contribution in [1.82, 2.24) is 4.90 Å². The molecule has 0 saturated heterocycles. The Kier molecular flexibility index (Phi) is 4.62. The maximum Gasteiger partial charge on any atom is 0.0406 e. The average molecular weight is 300 g/mol. The molecule has 0 N–H and O–H groups in total. The molecule has 1 unspecified atom stereocenters. The fraction of sp³-hybridized carbons (Fsp3) is 0.368. The Balaban J connectivity index is 1.60. The third-order valence-electron chi connectivity index (χ3n) is 4.29. The van der Waals surface area contributed by atoms with E-state index in [1.165, 1.54) is 17.6 Å². The molecule has 1 aromatic carbocycles. The second-order valence-corrected chi connectivity index (χ2v) is 6.55. The molecule has 0 radical (unpaired) electrons. The lowest BCUT2D eigenvalue weighted by atomic mass is 9.94. The first-order chi connectivity index (χ1) is 10.2. The summed E-state index contributed by atoms with van der Waals surface area (Å²) in [4.78, 5) is 2.54. The van der Waals surface area contributed by atoms with Crippen molar-refractivity contribution >= 4 is 17.2 Å². The number of nitrogens with zero attached hydrogens (tertiary/aromatic N) is 1. The molecule has 0 fully saturated rings. The van der Waals surface area contributed by atoms with Gasteiger partial charge in [0.2, 0.25) is 0 Å². The van der Waals surface area contributed by atoms with E-state index in [0.717, 1.165) is 31.1 Å². The Morgan fingerprint density at radius 2 is 2.05 bits per heavy atom. The quantitative estimate of drug-likeness (QED) is 0.763. The Labute approximate surface area is 132 Å². The van der Waals surface area contributed by atoms with Crippen LogP contribution < -0.4 is 0 Å². The van der Waals surface area contributed by atoms with Crippen LogP contribution in [0.5, 0.6) is 0 Å². The first-order valence-corrected chi connectivity index (χ1v) is 8.12. The lowest BCUT2D eigenvalue weighted by Gasteiger charge is -2.28. The van der Waals surface area contributed by atoms with E-state index < -0.39 is 0 Å². The molecule has 0 aromatic heterocycles. The van der Waals surface area contributed by atoms with Gasteiger partial charge in [-0.15, -0.1) is 0 Å². The highest BCUT2D eigenvalue weighted by atomic mass is 35.5. The number of allylic oxidation sites excluding steroid dienone is 3. The molecule has 2 heteroatoms. The molecular formula is C19H22ClN. The summed E-state index contributed by atoms with van der Waals surface area (Å²) in [5.41, 5.74) is 4.33. The van der Waals surface area contributed by atoms with Crippen molar-refractivity contribution < 1.29 is 0 Å². The molecular weight excluding hydrogens is 278 g/mol. The maximum absolute atomic E-state index is 5.95. The standard InChI is InChI=1S/C19H22ClN/c1-15-3-2-4-16(13-15)14-21-11-9-18(10-12-21)17-5-7-19(20)8-6-17/h2-9,15H,10-14H2,1H3. The minimum atomic E-state index is 0.690. The summed E-state index contributed by atoms with van der Waals surface area (Å²) in [6, 6.07) is 8.20. The summed E-state index contributed by atoms with van der Waals surface area (Å²) in [6.07, 6.45) is 11.5. The summed E-state index contributed by atoms with van der Waals surface area (Å²) in [5.74, 6) is 0.690. The summed E-state index contributed by atoms with van der Waals surface area (Å²) in [5, 5.41) is 0.809. The van der Waals surface area contributed by atoms with Gasteiger partial charge in [-0.1, -0.05) is 60.5 Å². The number of rotatable bonds is 3. The van der Waals surface area contributed by atoms with Gasteiger partial charge < -0.3 is 0 Å². The van der Waals surface area contributed by atoms with Crippen molar-refractivity contribution in [2.75, 3.05) is 19.6 Å². The SMILES string of the molecule is CC1C=CC=C(CN2CC=C(c3ccc(Cl)cc3)CC2)C1. The summed E-state index contributed by atoms with van der Waals surface area (Å²) < 4.78 is 0. The number of hydrogen-bond acceptors (Lipinski definition) is 1. The van der Waals surface area contributed by atoms with Gasteiger partial charge in [0, 0.05) is 24.7 Å². The van der Waals surface area contributed by atoms with Crippen LogP contribution in [0.4, 0.5) is 0 Å². The van der Waals surface area contributed by atoms with Crippen LogP contribution in [-0.2, 0) is 0 Å². The average Bonchev–Trinajstić information content (AvgIpc) is 2.49. The highest BCUT2D eigenvalue weighted by Gasteiger charge is 2.15. The molecule has 2 aliphatic rings. The largest absolute Gasteiger partial charge is 0.295 e. The van der Waals surface area contributed by atoms with Crippen molar-refractivity contribution in [3.05, 3.63) is 64.7 Å². The van der Waals surface area contributed by atoms with Crippen molar-refractivity contribution in [1.29, 1.82) is 0 Å². The molecule has 1 aliphatic heterocycles. The van der Waals surface area contributed by atoms with Gasteiger partial charge in [0.05, 0.1) is 0 Å². The molecule has 0 spiro atoms. The first-order valence-electron chi connectivity index (χ1n) is 7.74. The van der Waals surface area contributed by atoms with E-state index in [-0.39, 0.29) is 0 Å². The Hall–Kier alpha value is -1.31. The number of benzene rings is 1. The van der Waals surface area contributed by atoms with Gasteiger partial charge in [-0.3, -0.25) is 4.90 Å². The summed E-state index contributed by atoms with van der Waals surface area (Å²) >= 11 is 5.95. The molecule has 0 bridgehead atoms. The first kappa shape index (κ1) is 14.6. The second-order valence-electron chi connectivity index (χ2n) is 6.11. The molecule has 1 atom stereocenters. The van der Waals surface area contributed by atoms with Crippen LogP contribution in [0, 0.1) is 5.92 Å². The van der Waals surface area contributed by atoms with E-state index >= 15 is 0 Å². The van der Waals surface area contributed by atoms with Crippen LogP contribution in [0.1, 0.15) is 25.3 Å². The molecule has 0 amide bonds. The second kappa shape index (κ2) is 6.64. The zero-order chi connectivity index (χ0) is 14.7. The minimum Gasteiger partial charge on any atom is -0.295 e. The third-order valence-corrected chi connectivity index (χ3v) is 4.54. The fourth-order valence-electron chi connectivity index (χ4n) is 3.12. The topological polar surface area (TPSA) is 3.24 Å². The third kappa shape index (κ3) is 3.87. The molecule has 110 valence electrons. The summed E-state index contributed by atoms with van der Waals surface area (Å²) in [6.45, 7) is 5.59. The van der Waals surface area contributed by atoms with Crippen molar-refractivity contribution in [3.63, 3.8) is 0 Å². The van der Waals surface area contributed by atoms with Gasteiger partial charge in [0.25, 0.3) is 0 Å². The smallest absolute Gasteiger partial charge is 0.0406 e. The lowest BCUT2D eigenvalue weighted by molar-refractivity contribution is 0.322. The zero-order valence-electron chi connectivity index (χ0n) is 12.6. The molecule has 1 aromatic rings. The maximum atomic E-state index is 5.95. The van der Waals surface area contributed by atoms with Gasteiger partial charge in [-0.05, 0) is 42.0 Å².